The van der Waals surface area contributed by atoms with Crippen LogP contribution < -0.4 is 15.3 Å². The molecule has 3 heterocycles. The second-order valence-corrected chi connectivity index (χ2v) is 6.27. The Labute approximate surface area is 145 Å². The molecule has 2 aromatic heterocycles. The van der Waals surface area contributed by atoms with Gasteiger partial charge in [-0.15, -0.1) is 0 Å². The van der Waals surface area contributed by atoms with Gasteiger partial charge in [-0.2, -0.15) is 5.10 Å². The summed E-state index contributed by atoms with van der Waals surface area (Å²) >= 11 is 0. The summed E-state index contributed by atoms with van der Waals surface area (Å²) in [7, 11) is 5.42. The van der Waals surface area contributed by atoms with Crippen molar-refractivity contribution in [3.05, 3.63) is 35.1 Å². The highest BCUT2D eigenvalue weighted by molar-refractivity contribution is 5.76. The van der Waals surface area contributed by atoms with Gasteiger partial charge in [-0.1, -0.05) is 0 Å². The molecule has 9 heteroatoms. The Kier molecular flexibility index (Phi) is 4.73. The minimum Gasteiger partial charge on any atom is -0.485 e. The van der Waals surface area contributed by atoms with Gasteiger partial charge in [0.1, 0.15) is 19.0 Å². The van der Waals surface area contributed by atoms with Gasteiger partial charge in [0.15, 0.2) is 11.6 Å². The van der Waals surface area contributed by atoms with Crippen LogP contribution in [0.15, 0.2) is 29.5 Å². The van der Waals surface area contributed by atoms with E-state index < -0.39 is 0 Å². The van der Waals surface area contributed by atoms with E-state index in [2.05, 4.69) is 10.1 Å². The van der Waals surface area contributed by atoms with Crippen molar-refractivity contribution in [1.82, 2.24) is 24.2 Å². The summed E-state index contributed by atoms with van der Waals surface area (Å²) in [5.74, 6) is 1.32. The first-order valence-electron chi connectivity index (χ1n) is 8.11. The molecule has 1 aliphatic heterocycles. The van der Waals surface area contributed by atoms with Crippen molar-refractivity contribution < 1.29 is 9.53 Å². The monoisotopic (exact) mass is 346 g/mol. The number of aryl methyl sites for hydroxylation is 1. The van der Waals surface area contributed by atoms with Gasteiger partial charge in [-0.25, -0.2) is 14.5 Å². The Morgan fingerprint density at radius 2 is 2.24 bits per heavy atom. The number of carbonyl (C=O) groups is 1. The average Bonchev–Trinajstić information content (AvgIpc) is 3.17. The molecule has 1 aliphatic rings. The molecule has 134 valence electrons. The molecule has 1 fully saturated rings. The zero-order valence-corrected chi connectivity index (χ0v) is 14.6. The van der Waals surface area contributed by atoms with Crippen LogP contribution in [-0.4, -0.2) is 63.4 Å². The number of rotatable bonds is 5. The third-order valence-corrected chi connectivity index (χ3v) is 4.14. The highest BCUT2D eigenvalue weighted by Gasteiger charge is 2.29. The van der Waals surface area contributed by atoms with Crippen molar-refractivity contribution >= 4 is 11.7 Å². The number of amides is 1. The number of aromatic nitrogens is 4. The van der Waals surface area contributed by atoms with Crippen LogP contribution in [0.4, 0.5) is 5.82 Å². The maximum absolute atomic E-state index is 12.4. The van der Waals surface area contributed by atoms with Crippen LogP contribution >= 0.6 is 0 Å². The lowest BCUT2D eigenvalue weighted by molar-refractivity contribution is -0.131. The van der Waals surface area contributed by atoms with Gasteiger partial charge in [-0.05, 0) is 12.1 Å². The molecule has 0 spiro atoms. The highest BCUT2D eigenvalue weighted by atomic mass is 16.5. The summed E-state index contributed by atoms with van der Waals surface area (Å²) in [6.45, 7) is 1.03. The van der Waals surface area contributed by atoms with Gasteiger partial charge in [-0.3, -0.25) is 9.36 Å². The minimum atomic E-state index is -0.300. The van der Waals surface area contributed by atoms with Gasteiger partial charge < -0.3 is 14.5 Å². The highest BCUT2D eigenvalue weighted by Crippen LogP contribution is 2.26. The molecule has 9 nitrogen and oxygen atoms in total. The Morgan fingerprint density at radius 1 is 1.44 bits per heavy atom. The lowest BCUT2D eigenvalue weighted by Gasteiger charge is -2.20. The molecule has 0 bridgehead atoms. The zero-order valence-electron chi connectivity index (χ0n) is 14.6. The standard InChI is InChI=1S/C16H22N6O3/c1-19(2)15-13(5-4-7-17-15)25-12-6-8-21(9-12)14(23)10-22-16(24)20(3)11-18-22/h4-5,7,11-12H,6,8-10H2,1-3H3. The van der Waals surface area contributed by atoms with E-state index >= 15 is 0 Å². The van der Waals surface area contributed by atoms with Crippen molar-refractivity contribution in [2.45, 2.75) is 19.1 Å². The fraction of sp³-hybridized carbons (Fsp3) is 0.500. The first kappa shape index (κ1) is 17.0. The normalized spacial score (nSPS) is 16.9. The number of carbonyl (C=O) groups excluding carboxylic acids is 1. The predicted octanol–water partition coefficient (Wildman–Crippen LogP) is -0.277. The Morgan fingerprint density at radius 3 is 2.92 bits per heavy atom. The molecule has 0 radical (unpaired) electrons. The summed E-state index contributed by atoms with van der Waals surface area (Å²) in [6.07, 6.45) is 3.77. The van der Waals surface area contributed by atoms with Crippen LogP contribution in [0.25, 0.3) is 0 Å². The van der Waals surface area contributed by atoms with Crippen molar-refractivity contribution in [3.63, 3.8) is 0 Å². The minimum absolute atomic E-state index is 0.0533. The second-order valence-electron chi connectivity index (χ2n) is 6.27. The lowest BCUT2D eigenvalue weighted by atomic mass is 10.3. The first-order chi connectivity index (χ1) is 12.0. The molecule has 2 aromatic rings. The molecule has 25 heavy (non-hydrogen) atoms. The maximum Gasteiger partial charge on any atom is 0.345 e. The van der Waals surface area contributed by atoms with Gasteiger partial charge in [0.2, 0.25) is 5.91 Å². The molecule has 0 N–H and O–H groups in total. The molecule has 1 unspecified atom stereocenters. The number of hydrogen-bond acceptors (Lipinski definition) is 6. The smallest absolute Gasteiger partial charge is 0.345 e. The molecule has 0 aromatic carbocycles. The fourth-order valence-electron chi connectivity index (χ4n) is 2.80. The Balaban J connectivity index is 1.61. The van der Waals surface area contributed by atoms with E-state index in [-0.39, 0.29) is 24.2 Å². The molecule has 0 aliphatic carbocycles. The number of ether oxygens (including phenoxy) is 1. The van der Waals surface area contributed by atoms with Crippen LogP contribution in [0, 0.1) is 0 Å². The average molecular weight is 346 g/mol. The molecular weight excluding hydrogens is 324 g/mol. The van der Waals surface area contributed by atoms with Gasteiger partial charge in [0, 0.05) is 40.3 Å². The van der Waals surface area contributed by atoms with Crippen molar-refractivity contribution in [3.8, 4) is 5.75 Å². The number of pyridine rings is 1. The largest absolute Gasteiger partial charge is 0.485 e. The number of nitrogens with zero attached hydrogens (tertiary/aromatic N) is 6. The van der Waals surface area contributed by atoms with E-state index in [9.17, 15) is 9.59 Å². The fourth-order valence-corrected chi connectivity index (χ4v) is 2.80. The lowest BCUT2D eigenvalue weighted by Crippen LogP contribution is -2.36. The number of likely N-dealkylation sites (tertiary alicyclic amines) is 1. The van der Waals surface area contributed by atoms with Crippen LogP contribution in [0.2, 0.25) is 0 Å². The Bertz CT molecular complexity index is 812. The van der Waals surface area contributed by atoms with E-state index in [1.54, 1.807) is 18.1 Å². The zero-order chi connectivity index (χ0) is 18.0. The molecule has 1 amide bonds. The van der Waals surface area contributed by atoms with Crippen LogP contribution in [0.3, 0.4) is 0 Å². The number of anilines is 1. The van der Waals surface area contributed by atoms with E-state index in [1.807, 2.05) is 31.1 Å². The summed E-state index contributed by atoms with van der Waals surface area (Å²) in [5, 5.41) is 3.92. The molecule has 0 saturated carbocycles. The van der Waals surface area contributed by atoms with Gasteiger partial charge in [0.05, 0.1) is 6.54 Å². The van der Waals surface area contributed by atoms with E-state index in [4.69, 9.17) is 4.74 Å². The number of hydrogen-bond donors (Lipinski definition) is 0. The first-order valence-corrected chi connectivity index (χ1v) is 8.11. The third-order valence-electron chi connectivity index (χ3n) is 4.14. The SMILES string of the molecule is CN(C)c1ncccc1OC1CCN(C(=O)Cn2ncn(C)c2=O)C1. The van der Waals surface area contributed by atoms with E-state index in [0.717, 1.165) is 12.2 Å². The molecule has 1 saturated heterocycles. The summed E-state index contributed by atoms with van der Waals surface area (Å²) < 4.78 is 8.55. The predicted molar refractivity (Wildman–Crippen MR) is 91.6 cm³/mol. The molecular formula is C16H22N6O3. The maximum atomic E-state index is 12.4. The third kappa shape index (κ3) is 3.65. The summed E-state index contributed by atoms with van der Waals surface area (Å²) in [4.78, 5) is 32.1. The van der Waals surface area contributed by atoms with Gasteiger partial charge >= 0.3 is 5.69 Å². The van der Waals surface area contributed by atoms with Gasteiger partial charge in [0.25, 0.3) is 0 Å². The van der Waals surface area contributed by atoms with E-state index in [0.29, 0.717) is 18.8 Å². The molecule has 3 rings (SSSR count). The van der Waals surface area contributed by atoms with E-state index in [1.165, 1.54) is 15.6 Å². The second kappa shape index (κ2) is 6.96. The summed E-state index contributed by atoms with van der Waals surface area (Å²) in [6, 6.07) is 3.70. The molecule has 1 atom stereocenters. The van der Waals surface area contributed by atoms with Crippen LogP contribution in [0.5, 0.6) is 5.75 Å². The van der Waals surface area contributed by atoms with Crippen LogP contribution in [0.1, 0.15) is 6.42 Å². The topological polar surface area (TPSA) is 85.5 Å². The summed E-state index contributed by atoms with van der Waals surface area (Å²) in [5.41, 5.74) is -0.300. The quantitative estimate of drug-likeness (QED) is 0.740. The van der Waals surface area contributed by atoms with Crippen LogP contribution in [-0.2, 0) is 18.4 Å². The Hall–Kier alpha value is -2.84. The van der Waals surface area contributed by atoms with Crippen molar-refractivity contribution in [2.75, 3.05) is 32.1 Å². The van der Waals surface area contributed by atoms with Crippen molar-refractivity contribution in [1.29, 1.82) is 0 Å². The van der Waals surface area contributed by atoms with Crippen molar-refractivity contribution in [2.24, 2.45) is 7.05 Å².